The second-order valence-corrected chi connectivity index (χ2v) is 27.5. The summed E-state index contributed by atoms with van der Waals surface area (Å²) in [5.41, 5.74) is 0. The molecule has 0 aromatic heterocycles. The number of phosphoric ester groups is 2. The van der Waals surface area contributed by atoms with Crippen molar-refractivity contribution in [3.8, 4) is 0 Å². The smallest absolute Gasteiger partial charge is 0.462 e. The fourth-order valence-electron chi connectivity index (χ4n) is 10.3. The molecule has 0 aromatic rings. The van der Waals surface area contributed by atoms with E-state index in [-0.39, 0.29) is 25.7 Å². The number of aliphatic hydroxyl groups is 1. The molecule has 2 unspecified atom stereocenters. The lowest BCUT2D eigenvalue weighted by Gasteiger charge is -2.21. The number of unbranched alkanes of at least 4 members (excludes halogenated alkanes) is 43. The predicted molar refractivity (Wildman–Crippen MR) is 349 cm³/mol. The highest BCUT2D eigenvalue weighted by atomic mass is 31.2. The highest BCUT2D eigenvalue weighted by molar-refractivity contribution is 7.47. The number of carbonyl (C=O) groups excluding carboxylic acids is 4. The molecule has 0 saturated heterocycles. The molecule has 516 valence electrons. The van der Waals surface area contributed by atoms with E-state index in [4.69, 9.17) is 37.0 Å². The number of rotatable bonds is 69. The van der Waals surface area contributed by atoms with Gasteiger partial charge in [-0.15, -0.1) is 0 Å². The summed E-state index contributed by atoms with van der Waals surface area (Å²) in [6, 6.07) is 0. The van der Waals surface area contributed by atoms with Gasteiger partial charge in [-0.25, -0.2) is 9.13 Å². The van der Waals surface area contributed by atoms with Crippen LogP contribution in [0.4, 0.5) is 0 Å². The van der Waals surface area contributed by atoms with E-state index < -0.39 is 97.5 Å². The molecule has 0 saturated carbocycles. The first-order chi connectivity index (χ1) is 42.2. The van der Waals surface area contributed by atoms with Gasteiger partial charge in [0.1, 0.15) is 19.3 Å². The molecule has 0 radical (unpaired) electrons. The number of ether oxygens (including phenoxy) is 4. The average Bonchev–Trinajstić information content (AvgIpc) is 3.67. The Morgan fingerprint density at radius 2 is 0.460 bits per heavy atom. The standard InChI is InChI=1S/C68H132O17P2/c1-5-9-13-17-21-25-27-29-30-31-32-33-34-36-39-43-47-51-55-68(73)85-64(59-79-66(71)53-49-45-41-38-35-28-26-22-18-14-10-6-2)61-83-87(76,77)81-57-62(69)56-80-86(74,75)82-60-63(58-78-65(70)52-48-44-40-24-20-16-12-8-4)84-67(72)54-50-46-42-37-23-19-15-11-7-3/h62-64,69H,5-61H2,1-4H3,(H,74,75)(H,76,77)/t62-,63+,64+/m0/s1. The lowest BCUT2D eigenvalue weighted by Crippen LogP contribution is -2.30. The van der Waals surface area contributed by atoms with Crippen molar-refractivity contribution in [3.63, 3.8) is 0 Å². The molecule has 0 spiro atoms. The maximum Gasteiger partial charge on any atom is 0.472 e. The predicted octanol–water partition coefficient (Wildman–Crippen LogP) is 19.5. The molecule has 0 aromatic carbocycles. The number of esters is 4. The van der Waals surface area contributed by atoms with Crippen LogP contribution in [0.2, 0.25) is 0 Å². The van der Waals surface area contributed by atoms with Crippen LogP contribution >= 0.6 is 15.6 Å². The van der Waals surface area contributed by atoms with Crippen LogP contribution in [0, 0.1) is 0 Å². The normalized spacial score (nSPS) is 14.1. The van der Waals surface area contributed by atoms with Crippen LogP contribution < -0.4 is 0 Å². The molecule has 0 aliphatic rings. The molecule has 87 heavy (non-hydrogen) atoms. The largest absolute Gasteiger partial charge is 0.472 e. The second-order valence-electron chi connectivity index (χ2n) is 24.6. The van der Waals surface area contributed by atoms with Gasteiger partial charge in [0, 0.05) is 25.7 Å². The second kappa shape index (κ2) is 62.8. The van der Waals surface area contributed by atoms with E-state index >= 15 is 0 Å². The monoisotopic (exact) mass is 1280 g/mol. The van der Waals surface area contributed by atoms with E-state index in [1.165, 1.54) is 180 Å². The zero-order valence-electron chi connectivity index (χ0n) is 56.0. The fraction of sp³-hybridized carbons (Fsp3) is 0.941. The molecule has 0 bridgehead atoms. The van der Waals surface area contributed by atoms with E-state index in [1.54, 1.807) is 0 Å². The molecule has 3 N–H and O–H groups in total. The molecular weight excluding hydrogens is 1150 g/mol. The topological polar surface area (TPSA) is 237 Å². The molecule has 0 rings (SSSR count). The first-order valence-corrected chi connectivity index (χ1v) is 38.8. The number of phosphoric acid groups is 2. The quantitative estimate of drug-likeness (QED) is 0.0222. The molecule has 0 aliphatic heterocycles. The molecule has 5 atom stereocenters. The van der Waals surface area contributed by atoms with Crippen molar-refractivity contribution in [2.75, 3.05) is 39.6 Å². The number of hydrogen-bond donors (Lipinski definition) is 3. The highest BCUT2D eigenvalue weighted by Crippen LogP contribution is 2.45. The van der Waals surface area contributed by atoms with Crippen LogP contribution in [0.5, 0.6) is 0 Å². The van der Waals surface area contributed by atoms with Gasteiger partial charge >= 0.3 is 39.5 Å². The van der Waals surface area contributed by atoms with Crippen molar-refractivity contribution in [2.24, 2.45) is 0 Å². The minimum Gasteiger partial charge on any atom is -0.462 e. The summed E-state index contributed by atoms with van der Waals surface area (Å²) in [4.78, 5) is 72.3. The highest BCUT2D eigenvalue weighted by Gasteiger charge is 2.30. The molecule has 19 heteroatoms. The van der Waals surface area contributed by atoms with Crippen LogP contribution in [-0.4, -0.2) is 96.7 Å². The maximum absolute atomic E-state index is 13.0. The summed E-state index contributed by atoms with van der Waals surface area (Å²) >= 11 is 0. The zero-order chi connectivity index (χ0) is 64.0. The Bertz CT molecular complexity index is 1670. The Labute approximate surface area is 530 Å². The Morgan fingerprint density at radius 1 is 0.276 bits per heavy atom. The average molecular weight is 1280 g/mol. The number of hydrogen-bond acceptors (Lipinski definition) is 15. The van der Waals surface area contributed by atoms with Gasteiger partial charge in [0.15, 0.2) is 12.2 Å². The van der Waals surface area contributed by atoms with Crippen LogP contribution in [-0.2, 0) is 65.4 Å². The maximum atomic E-state index is 13.0. The van der Waals surface area contributed by atoms with Crippen molar-refractivity contribution < 1.29 is 80.2 Å². The minimum atomic E-state index is -4.95. The van der Waals surface area contributed by atoms with Gasteiger partial charge in [-0.3, -0.25) is 37.3 Å². The van der Waals surface area contributed by atoms with Gasteiger partial charge in [0.05, 0.1) is 26.4 Å². The van der Waals surface area contributed by atoms with Gasteiger partial charge < -0.3 is 33.8 Å². The van der Waals surface area contributed by atoms with Gasteiger partial charge in [0.25, 0.3) is 0 Å². The number of aliphatic hydroxyl groups excluding tert-OH is 1. The van der Waals surface area contributed by atoms with E-state index in [0.29, 0.717) is 25.7 Å². The first kappa shape index (κ1) is 85.1. The van der Waals surface area contributed by atoms with Crippen molar-refractivity contribution in [2.45, 2.75) is 373 Å². The van der Waals surface area contributed by atoms with Crippen LogP contribution in [0.1, 0.15) is 355 Å². The lowest BCUT2D eigenvalue weighted by molar-refractivity contribution is -0.161. The van der Waals surface area contributed by atoms with E-state index in [2.05, 4.69) is 27.7 Å². The van der Waals surface area contributed by atoms with E-state index in [1.807, 2.05) is 0 Å². The summed E-state index contributed by atoms with van der Waals surface area (Å²) in [6.45, 7) is 4.89. The molecule has 0 fully saturated rings. The van der Waals surface area contributed by atoms with Crippen LogP contribution in [0.15, 0.2) is 0 Å². The zero-order valence-corrected chi connectivity index (χ0v) is 57.8. The van der Waals surface area contributed by atoms with Gasteiger partial charge in [-0.1, -0.05) is 304 Å². The lowest BCUT2D eigenvalue weighted by atomic mass is 10.0. The third kappa shape index (κ3) is 62.6. The molecule has 0 aliphatic carbocycles. The van der Waals surface area contributed by atoms with Crippen LogP contribution in [0.25, 0.3) is 0 Å². The van der Waals surface area contributed by atoms with E-state index in [9.17, 15) is 43.2 Å². The Kier molecular flexibility index (Phi) is 61.4. The summed E-state index contributed by atoms with van der Waals surface area (Å²) in [7, 11) is -9.89. The Hall–Kier alpha value is -1.94. The SMILES string of the molecule is CCCCCCCCCCCCCCCCCCCCC(=O)O[C@H](COC(=O)CCCCCCCCCCCCCC)COP(=O)(O)OC[C@@H](O)COP(=O)(O)OC[C@@H](COC(=O)CCCCCCCCCC)OC(=O)CCCCCCCCCCC. The van der Waals surface area contributed by atoms with Crippen molar-refractivity contribution >= 4 is 39.5 Å². The third-order valence-corrected chi connectivity index (χ3v) is 17.8. The summed E-state index contributed by atoms with van der Waals surface area (Å²) in [6.07, 6.45) is 50.0. The minimum absolute atomic E-state index is 0.106. The van der Waals surface area contributed by atoms with Gasteiger partial charge in [0.2, 0.25) is 0 Å². The summed E-state index contributed by atoms with van der Waals surface area (Å²) in [5, 5.41) is 10.6. The summed E-state index contributed by atoms with van der Waals surface area (Å²) in [5.74, 6) is -2.13. The Balaban J connectivity index is 5.18. The Morgan fingerprint density at radius 3 is 0.678 bits per heavy atom. The molecule has 17 nitrogen and oxygen atoms in total. The van der Waals surface area contributed by atoms with Gasteiger partial charge in [-0.2, -0.15) is 0 Å². The number of carbonyl (C=O) groups is 4. The van der Waals surface area contributed by atoms with E-state index in [0.717, 1.165) is 96.3 Å². The van der Waals surface area contributed by atoms with Crippen molar-refractivity contribution in [3.05, 3.63) is 0 Å². The van der Waals surface area contributed by atoms with Crippen molar-refractivity contribution in [1.29, 1.82) is 0 Å². The molecule has 0 amide bonds. The first-order valence-electron chi connectivity index (χ1n) is 35.8. The molecular formula is C68H132O17P2. The van der Waals surface area contributed by atoms with Gasteiger partial charge in [-0.05, 0) is 25.7 Å². The van der Waals surface area contributed by atoms with Crippen LogP contribution in [0.3, 0.4) is 0 Å². The van der Waals surface area contributed by atoms with Crippen molar-refractivity contribution in [1.82, 2.24) is 0 Å². The molecule has 0 heterocycles. The third-order valence-electron chi connectivity index (χ3n) is 15.9. The fourth-order valence-corrected chi connectivity index (χ4v) is 11.9. The summed E-state index contributed by atoms with van der Waals surface area (Å²) < 4.78 is 68.1.